The van der Waals surface area contributed by atoms with Crippen molar-refractivity contribution in [2.45, 2.75) is 104 Å². The number of rotatable bonds is 14. The normalized spacial score (nSPS) is 9.91. The zero-order chi connectivity index (χ0) is 17.1. The number of carboxylic acid groups (broad SMARTS) is 2. The van der Waals surface area contributed by atoms with E-state index in [-0.39, 0.29) is 12.8 Å². The molecule has 0 rings (SSSR count). The van der Waals surface area contributed by atoms with E-state index in [1.807, 2.05) is 0 Å². The number of hydrogen-bond acceptors (Lipinski definition) is 2. The lowest BCUT2D eigenvalue weighted by atomic mass is 10.1. The van der Waals surface area contributed by atoms with E-state index in [0.717, 1.165) is 38.5 Å². The van der Waals surface area contributed by atoms with Crippen LogP contribution in [0.25, 0.3) is 0 Å². The van der Waals surface area contributed by atoms with Crippen LogP contribution in [-0.2, 0) is 9.59 Å². The first-order chi connectivity index (χ1) is 10.5. The van der Waals surface area contributed by atoms with Gasteiger partial charge in [-0.1, -0.05) is 78.1 Å². The van der Waals surface area contributed by atoms with Crippen LogP contribution in [0.5, 0.6) is 0 Å². The first-order valence-corrected chi connectivity index (χ1v) is 8.98. The lowest BCUT2D eigenvalue weighted by molar-refractivity contribution is -0.138. The standard InChI is InChI=1S/C10H18O4.C8H18/c11-9(12)7-5-3-1-2-4-6-8-10(13)14;1-3-5-7-8-6-4-2/h1-8H2,(H,11,12)(H,13,14);3-8H2,1-2H3. The van der Waals surface area contributed by atoms with Crippen molar-refractivity contribution in [2.24, 2.45) is 0 Å². The second-order valence-electron chi connectivity index (χ2n) is 5.82. The first kappa shape index (κ1) is 23.2. The molecule has 0 aliphatic carbocycles. The highest BCUT2D eigenvalue weighted by molar-refractivity contribution is 5.66. The zero-order valence-electron chi connectivity index (χ0n) is 14.6. The van der Waals surface area contributed by atoms with Crippen LogP contribution in [0, 0.1) is 0 Å². The second-order valence-corrected chi connectivity index (χ2v) is 5.82. The predicted octanol–water partition coefficient (Wildman–Crippen LogP) is 5.64. The fourth-order valence-corrected chi connectivity index (χ4v) is 2.11. The highest BCUT2D eigenvalue weighted by atomic mass is 16.4. The summed E-state index contributed by atoms with van der Waals surface area (Å²) in [4.78, 5) is 20.3. The third kappa shape index (κ3) is 27.3. The van der Waals surface area contributed by atoms with Crippen LogP contribution in [0.4, 0.5) is 0 Å². The van der Waals surface area contributed by atoms with Gasteiger partial charge in [-0.3, -0.25) is 9.59 Å². The molecule has 0 aliphatic heterocycles. The van der Waals surface area contributed by atoms with Gasteiger partial charge >= 0.3 is 11.9 Å². The molecule has 0 aliphatic rings. The van der Waals surface area contributed by atoms with Gasteiger partial charge in [-0.15, -0.1) is 0 Å². The van der Waals surface area contributed by atoms with Crippen LogP contribution < -0.4 is 0 Å². The Morgan fingerprint density at radius 1 is 0.545 bits per heavy atom. The zero-order valence-corrected chi connectivity index (χ0v) is 14.6. The molecule has 0 aromatic carbocycles. The smallest absolute Gasteiger partial charge is 0.303 e. The minimum Gasteiger partial charge on any atom is -0.481 e. The van der Waals surface area contributed by atoms with Gasteiger partial charge in [0, 0.05) is 12.8 Å². The van der Waals surface area contributed by atoms with Gasteiger partial charge in [-0.05, 0) is 12.8 Å². The quantitative estimate of drug-likeness (QED) is 0.406. The third-order valence-electron chi connectivity index (χ3n) is 3.49. The maximum atomic E-state index is 10.1. The number of unbranched alkanes of at least 4 members (excludes halogenated alkanes) is 10. The molecule has 0 aromatic rings. The lowest BCUT2D eigenvalue weighted by Gasteiger charge is -1.98. The summed E-state index contributed by atoms with van der Waals surface area (Å²) in [6.07, 6.45) is 14.3. The highest BCUT2D eigenvalue weighted by Crippen LogP contribution is 2.08. The predicted molar refractivity (Wildman–Crippen MR) is 91.3 cm³/mol. The molecule has 2 N–H and O–H groups in total. The van der Waals surface area contributed by atoms with Gasteiger partial charge in [0.1, 0.15) is 0 Å². The number of aliphatic carboxylic acids is 2. The molecule has 0 bridgehead atoms. The van der Waals surface area contributed by atoms with Crippen molar-refractivity contribution in [3.05, 3.63) is 0 Å². The molecule has 132 valence electrons. The van der Waals surface area contributed by atoms with Crippen molar-refractivity contribution in [1.29, 1.82) is 0 Å². The maximum absolute atomic E-state index is 10.1. The summed E-state index contributed by atoms with van der Waals surface area (Å²) >= 11 is 0. The Kier molecular flexibility index (Phi) is 21.0. The molecule has 0 spiro atoms. The van der Waals surface area contributed by atoms with Crippen LogP contribution in [-0.4, -0.2) is 22.2 Å². The topological polar surface area (TPSA) is 74.6 Å². The molecule has 22 heavy (non-hydrogen) atoms. The molecular formula is C18H36O4. The average molecular weight is 316 g/mol. The summed E-state index contributed by atoms with van der Waals surface area (Å²) in [7, 11) is 0. The summed E-state index contributed by atoms with van der Waals surface area (Å²) < 4.78 is 0. The molecule has 0 saturated heterocycles. The maximum Gasteiger partial charge on any atom is 0.303 e. The van der Waals surface area contributed by atoms with Gasteiger partial charge in [-0.2, -0.15) is 0 Å². The van der Waals surface area contributed by atoms with Gasteiger partial charge in [0.25, 0.3) is 0 Å². The Morgan fingerprint density at radius 2 is 0.818 bits per heavy atom. The monoisotopic (exact) mass is 316 g/mol. The highest BCUT2D eigenvalue weighted by Gasteiger charge is 1.98. The number of carboxylic acids is 2. The van der Waals surface area contributed by atoms with Crippen molar-refractivity contribution >= 4 is 11.9 Å². The summed E-state index contributed by atoms with van der Waals surface area (Å²) in [5.74, 6) is -1.48. The average Bonchev–Trinajstić information content (AvgIpc) is 2.46. The Hall–Kier alpha value is -1.06. The van der Waals surface area contributed by atoms with E-state index >= 15 is 0 Å². The second kappa shape index (κ2) is 19.9. The molecule has 0 radical (unpaired) electrons. The summed E-state index contributed by atoms with van der Waals surface area (Å²) in [5.41, 5.74) is 0. The Labute approximate surface area is 136 Å². The fourth-order valence-electron chi connectivity index (χ4n) is 2.11. The largest absolute Gasteiger partial charge is 0.481 e. The summed E-state index contributed by atoms with van der Waals surface area (Å²) in [5, 5.41) is 16.7. The van der Waals surface area contributed by atoms with Crippen LogP contribution >= 0.6 is 0 Å². The van der Waals surface area contributed by atoms with Crippen molar-refractivity contribution in [2.75, 3.05) is 0 Å². The van der Waals surface area contributed by atoms with E-state index in [9.17, 15) is 9.59 Å². The molecule has 4 nitrogen and oxygen atoms in total. The molecule has 0 aromatic heterocycles. The summed E-state index contributed by atoms with van der Waals surface area (Å²) in [6.45, 7) is 4.51. The van der Waals surface area contributed by atoms with Crippen LogP contribution in [0.3, 0.4) is 0 Å². The van der Waals surface area contributed by atoms with E-state index in [1.165, 1.54) is 38.5 Å². The van der Waals surface area contributed by atoms with Crippen molar-refractivity contribution < 1.29 is 19.8 Å². The van der Waals surface area contributed by atoms with Gasteiger partial charge in [0.05, 0.1) is 0 Å². The van der Waals surface area contributed by atoms with Gasteiger partial charge in [0.15, 0.2) is 0 Å². The van der Waals surface area contributed by atoms with Gasteiger partial charge in [-0.25, -0.2) is 0 Å². The van der Waals surface area contributed by atoms with Crippen molar-refractivity contribution in [3.63, 3.8) is 0 Å². The SMILES string of the molecule is CCCCCCCC.O=C(O)CCCCCCCCC(=O)O. The van der Waals surface area contributed by atoms with Crippen molar-refractivity contribution in [3.8, 4) is 0 Å². The third-order valence-corrected chi connectivity index (χ3v) is 3.49. The number of hydrogen-bond donors (Lipinski definition) is 2. The Bertz CT molecular complexity index is 225. The van der Waals surface area contributed by atoms with Gasteiger partial charge in [0.2, 0.25) is 0 Å². The molecule has 0 atom stereocenters. The van der Waals surface area contributed by atoms with Gasteiger partial charge < -0.3 is 10.2 Å². The van der Waals surface area contributed by atoms with E-state index < -0.39 is 11.9 Å². The Balaban J connectivity index is 0. The van der Waals surface area contributed by atoms with E-state index in [4.69, 9.17) is 10.2 Å². The van der Waals surface area contributed by atoms with Crippen LogP contribution in [0.2, 0.25) is 0 Å². The molecule has 4 heteroatoms. The fraction of sp³-hybridized carbons (Fsp3) is 0.889. The molecule has 0 unspecified atom stereocenters. The van der Waals surface area contributed by atoms with E-state index in [2.05, 4.69) is 13.8 Å². The van der Waals surface area contributed by atoms with Crippen molar-refractivity contribution in [1.82, 2.24) is 0 Å². The minimum absolute atomic E-state index is 0.245. The van der Waals surface area contributed by atoms with Crippen LogP contribution in [0.15, 0.2) is 0 Å². The minimum atomic E-state index is -0.740. The van der Waals surface area contributed by atoms with E-state index in [0.29, 0.717) is 0 Å². The number of carbonyl (C=O) groups is 2. The van der Waals surface area contributed by atoms with E-state index in [1.54, 1.807) is 0 Å². The Morgan fingerprint density at radius 3 is 1.09 bits per heavy atom. The molecule has 0 amide bonds. The molecular weight excluding hydrogens is 280 g/mol. The molecule has 0 fully saturated rings. The summed E-state index contributed by atoms with van der Waals surface area (Å²) in [6, 6.07) is 0. The molecule has 0 heterocycles. The molecule has 0 saturated carbocycles. The first-order valence-electron chi connectivity index (χ1n) is 8.98. The van der Waals surface area contributed by atoms with Crippen LogP contribution in [0.1, 0.15) is 104 Å². The lowest BCUT2D eigenvalue weighted by Crippen LogP contribution is -1.94.